The van der Waals surface area contributed by atoms with Crippen molar-refractivity contribution in [3.63, 3.8) is 0 Å². The Morgan fingerprint density at radius 3 is 2.47 bits per heavy atom. The van der Waals surface area contributed by atoms with Gasteiger partial charge < -0.3 is 21.1 Å². The van der Waals surface area contributed by atoms with Crippen molar-refractivity contribution in [2.75, 3.05) is 25.5 Å². The first-order chi connectivity index (χ1) is 16.2. The van der Waals surface area contributed by atoms with E-state index in [1.54, 1.807) is 13.1 Å². The van der Waals surface area contributed by atoms with Gasteiger partial charge in [0.2, 0.25) is 23.6 Å². The summed E-state index contributed by atoms with van der Waals surface area (Å²) < 4.78 is 0. The number of piperidine rings is 1. The summed E-state index contributed by atoms with van der Waals surface area (Å²) in [6, 6.07) is 3.46. The summed E-state index contributed by atoms with van der Waals surface area (Å²) >= 11 is 0. The van der Waals surface area contributed by atoms with E-state index in [1.807, 2.05) is 0 Å². The quantitative estimate of drug-likeness (QED) is 0.175. The standard InChI is InChI=1S/C20H23N5O6.CH2O2/c1-21-15(26)3-2-8-22-17(28)10-23-11-4-5-12-13(9-11)20(31)25(19(12)30)14-6-7-16(27)24-18(14)29;2-1-3/h4-5,9,14,23H,2-3,6-8,10H2,1H3,(H,21,26)(H,22,28)(H,24,27,29);1H,(H,2,3). The molecule has 2 heterocycles. The van der Waals surface area contributed by atoms with Crippen molar-refractivity contribution in [3.8, 4) is 0 Å². The van der Waals surface area contributed by atoms with Crippen LogP contribution in [0.5, 0.6) is 0 Å². The topological polar surface area (TPSA) is 191 Å². The number of imide groups is 2. The largest absolute Gasteiger partial charge is 0.483 e. The van der Waals surface area contributed by atoms with Crippen molar-refractivity contribution in [3.05, 3.63) is 29.3 Å². The molecular weight excluding hydrogens is 450 g/mol. The zero-order valence-corrected chi connectivity index (χ0v) is 18.4. The van der Waals surface area contributed by atoms with Crippen LogP contribution in [0, 0.1) is 0 Å². The highest BCUT2D eigenvalue weighted by molar-refractivity contribution is 6.23. The fraction of sp³-hybridized carbons (Fsp3) is 0.381. The zero-order valence-electron chi connectivity index (χ0n) is 18.4. The lowest BCUT2D eigenvalue weighted by Crippen LogP contribution is -2.54. The van der Waals surface area contributed by atoms with Crippen LogP contribution in [0.2, 0.25) is 0 Å². The van der Waals surface area contributed by atoms with Crippen LogP contribution in [0.3, 0.4) is 0 Å². The second kappa shape index (κ2) is 12.1. The molecule has 0 saturated carbocycles. The van der Waals surface area contributed by atoms with Gasteiger partial charge in [0, 0.05) is 32.1 Å². The molecule has 0 radical (unpaired) electrons. The van der Waals surface area contributed by atoms with Crippen molar-refractivity contribution in [1.82, 2.24) is 20.9 Å². The summed E-state index contributed by atoms with van der Waals surface area (Å²) in [7, 11) is 1.55. The molecule has 6 amide bonds. The van der Waals surface area contributed by atoms with E-state index in [1.165, 1.54) is 12.1 Å². The van der Waals surface area contributed by atoms with Gasteiger partial charge in [-0.1, -0.05) is 0 Å². The first-order valence-electron chi connectivity index (χ1n) is 10.4. The minimum Gasteiger partial charge on any atom is -0.483 e. The monoisotopic (exact) mass is 475 g/mol. The molecule has 0 bridgehead atoms. The van der Waals surface area contributed by atoms with E-state index in [9.17, 15) is 28.8 Å². The van der Waals surface area contributed by atoms with Crippen molar-refractivity contribution in [2.24, 2.45) is 0 Å². The van der Waals surface area contributed by atoms with Gasteiger partial charge in [0.05, 0.1) is 17.7 Å². The van der Waals surface area contributed by atoms with E-state index in [4.69, 9.17) is 9.90 Å². The molecule has 1 saturated heterocycles. The molecule has 34 heavy (non-hydrogen) atoms. The summed E-state index contributed by atoms with van der Waals surface area (Å²) in [4.78, 5) is 81.2. The van der Waals surface area contributed by atoms with Crippen LogP contribution in [-0.2, 0) is 24.0 Å². The Kier molecular flexibility index (Phi) is 9.23. The van der Waals surface area contributed by atoms with E-state index in [0.717, 1.165) is 4.90 Å². The lowest BCUT2D eigenvalue weighted by Gasteiger charge is -2.27. The molecule has 13 heteroatoms. The maximum absolute atomic E-state index is 12.8. The molecule has 13 nitrogen and oxygen atoms in total. The molecule has 0 aliphatic carbocycles. The number of carbonyl (C=O) groups is 7. The minimum atomic E-state index is -1.03. The predicted molar refractivity (Wildman–Crippen MR) is 117 cm³/mol. The Morgan fingerprint density at radius 2 is 1.82 bits per heavy atom. The third kappa shape index (κ3) is 6.37. The Labute approximate surface area is 194 Å². The van der Waals surface area contributed by atoms with Gasteiger partial charge in [-0.15, -0.1) is 0 Å². The molecule has 0 aromatic heterocycles. The number of amides is 6. The van der Waals surface area contributed by atoms with Gasteiger partial charge in [-0.2, -0.15) is 0 Å². The normalized spacial score (nSPS) is 16.6. The predicted octanol–water partition coefficient (Wildman–Crippen LogP) is -1.16. The van der Waals surface area contributed by atoms with Crippen LogP contribution in [0.15, 0.2) is 18.2 Å². The molecule has 2 aliphatic rings. The molecule has 1 aromatic carbocycles. The number of carboxylic acid groups (broad SMARTS) is 1. The Morgan fingerprint density at radius 1 is 1.15 bits per heavy atom. The van der Waals surface area contributed by atoms with Crippen LogP contribution < -0.4 is 21.3 Å². The summed E-state index contributed by atoms with van der Waals surface area (Å²) in [6.07, 6.45) is 0.960. The van der Waals surface area contributed by atoms with E-state index < -0.39 is 29.7 Å². The number of anilines is 1. The van der Waals surface area contributed by atoms with Crippen LogP contribution in [0.1, 0.15) is 46.4 Å². The van der Waals surface area contributed by atoms with Crippen LogP contribution in [-0.4, -0.2) is 78.1 Å². The fourth-order valence-corrected chi connectivity index (χ4v) is 3.43. The first kappa shape index (κ1) is 26.0. The molecule has 0 spiro atoms. The Balaban J connectivity index is 0.00000129. The molecular formula is C21H25N5O8. The number of nitrogens with one attached hydrogen (secondary N) is 4. The number of nitrogens with zero attached hydrogens (tertiary/aromatic N) is 1. The third-order valence-corrected chi connectivity index (χ3v) is 5.07. The van der Waals surface area contributed by atoms with Crippen molar-refractivity contribution < 1.29 is 38.7 Å². The zero-order chi connectivity index (χ0) is 25.3. The molecule has 1 unspecified atom stereocenters. The minimum absolute atomic E-state index is 0.0504. The molecule has 1 atom stereocenters. The molecule has 5 N–H and O–H groups in total. The average Bonchev–Trinajstić information content (AvgIpc) is 3.05. The van der Waals surface area contributed by atoms with Gasteiger partial charge in [0.25, 0.3) is 18.3 Å². The maximum atomic E-state index is 12.8. The number of hydrogen-bond donors (Lipinski definition) is 5. The smallest absolute Gasteiger partial charge is 0.290 e. The summed E-state index contributed by atoms with van der Waals surface area (Å²) in [5, 5.41) is 17.1. The number of fused-ring (bicyclic) bond motifs is 1. The van der Waals surface area contributed by atoms with Gasteiger partial charge in [-0.3, -0.25) is 43.8 Å². The lowest BCUT2D eigenvalue weighted by molar-refractivity contribution is -0.136. The van der Waals surface area contributed by atoms with Gasteiger partial charge in [0.15, 0.2) is 0 Å². The van der Waals surface area contributed by atoms with E-state index in [2.05, 4.69) is 21.3 Å². The van der Waals surface area contributed by atoms with Crippen molar-refractivity contribution in [2.45, 2.75) is 31.7 Å². The SMILES string of the molecule is CNC(=O)CCCNC(=O)CNc1ccc2c(c1)C(=O)N(C1CCC(=O)NC1=O)C2=O.O=CO. The number of carbonyl (C=O) groups excluding carboxylic acids is 6. The number of hydrogen-bond acceptors (Lipinski definition) is 8. The fourth-order valence-electron chi connectivity index (χ4n) is 3.43. The van der Waals surface area contributed by atoms with E-state index in [0.29, 0.717) is 25.1 Å². The van der Waals surface area contributed by atoms with Gasteiger partial charge >= 0.3 is 0 Å². The first-order valence-corrected chi connectivity index (χ1v) is 10.4. The van der Waals surface area contributed by atoms with Crippen LogP contribution >= 0.6 is 0 Å². The highest BCUT2D eigenvalue weighted by Gasteiger charge is 2.44. The summed E-state index contributed by atoms with van der Waals surface area (Å²) in [5.74, 6) is -2.69. The highest BCUT2D eigenvalue weighted by Crippen LogP contribution is 2.29. The van der Waals surface area contributed by atoms with Gasteiger partial charge in [0.1, 0.15) is 6.04 Å². The molecule has 1 fully saturated rings. The molecule has 1 aromatic rings. The van der Waals surface area contributed by atoms with E-state index >= 15 is 0 Å². The summed E-state index contributed by atoms with van der Waals surface area (Å²) in [5.41, 5.74) is 0.759. The van der Waals surface area contributed by atoms with Crippen LogP contribution in [0.4, 0.5) is 5.69 Å². The third-order valence-electron chi connectivity index (χ3n) is 5.07. The average molecular weight is 475 g/mol. The highest BCUT2D eigenvalue weighted by atomic mass is 16.3. The lowest BCUT2D eigenvalue weighted by atomic mass is 10.0. The molecule has 2 aliphatic heterocycles. The van der Waals surface area contributed by atoms with Gasteiger partial charge in [-0.25, -0.2) is 0 Å². The van der Waals surface area contributed by atoms with Crippen molar-refractivity contribution >= 4 is 47.6 Å². The van der Waals surface area contributed by atoms with Crippen LogP contribution in [0.25, 0.3) is 0 Å². The Bertz CT molecular complexity index is 1010. The molecule has 182 valence electrons. The maximum Gasteiger partial charge on any atom is 0.290 e. The van der Waals surface area contributed by atoms with Crippen molar-refractivity contribution in [1.29, 1.82) is 0 Å². The second-order valence-corrected chi connectivity index (χ2v) is 7.29. The second-order valence-electron chi connectivity index (χ2n) is 7.29. The number of rotatable bonds is 8. The Hall–Kier alpha value is -4.29. The van der Waals surface area contributed by atoms with Gasteiger partial charge in [-0.05, 0) is 31.0 Å². The van der Waals surface area contributed by atoms with E-state index in [-0.39, 0.29) is 48.8 Å². The molecule has 3 rings (SSSR count). The number of benzene rings is 1. The summed E-state index contributed by atoms with van der Waals surface area (Å²) in [6.45, 7) is 0.0454.